The largest absolute Gasteiger partial charge is 0.486 e. The lowest BCUT2D eigenvalue weighted by molar-refractivity contribution is 0.171. The van der Waals surface area contributed by atoms with E-state index >= 15 is 0 Å². The van der Waals surface area contributed by atoms with Crippen LogP contribution in [0.1, 0.15) is 0 Å². The number of nitrogens with two attached hydrogens (primary N) is 1. The van der Waals surface area contributed by atoms with Crippen molar-refractivity contribution in [2.24, 2.45) is 0 Å². The van der Waals surface area contributed by atoms with Crippen LogP contribution in [-0.4, -0.2) is 23.2 Å². The summed E-state index contributed by atoms with van der Waals surface area (Å²) in [7, 11) is 0. The zero-order chi connectivity index (χ0) is 13.2. The van der Waals surface area contributed by atoms with Crippen LogP contribution < -0.4 is 15.2 Å². The van der Waals surface area contributed by atoms with Gasteiger partial charge in [-0.15, -0.1) is 0 Å². The monoisotopic (exact) mass is 339 g/mol. The maximum absolute atomic E-state index is 5.59. The molecular formula is C12H10BrN3O2S. The lowest BCUT2D eigenvalue weighted by Gasteiger charge is -2.18. The summed E-state index contributed by atoms with van der Waals surface area (Å²) >= 11 is 4.89. The number of hydrogen-bond acceptors (Lipinski definition) is 6. The minimum atomic E-state index is 0.253. The molecule has 98 valence electrons. The number of aromatic nitrogens is 2. The van der Waals surface area contributed by atoms with Gasteiger partial charge in [0.1, 0.15) is 18.2 Å². The van der Waals surface area contributed by atoms with Gasteiger partial charge in [0.05, 0.1) is 4.47 Å². The molecule has 0 bridgehead atoms. The third-order valence-corrected chi connectivity index (χ3v) is 4.30. The number of hydrogen-bond donors (Lipinski definition) is 1. The predicted molar refractivity (Wildman–Crippen MR) is 75.7 cm³/mol. The van der Waals surface area contributed by atoms with Gasteiger partial charge in [-0.25, -0.2) is 9.97 Å². The van der Waals surface area contributed by atoms with Gasteiger partial charge in [0.15, 0.2) is 11.5 Å². The standard InChI is InChI=1S/C12H10BrN3O2S/c13-8-6-15-12(14)16-11(8)19-7-1-2-9-10(5-7)18-4-3-17-9/h1-2,5-6H,3-4H2,(H2,14,15,16). The molecule has 0 amide bonds. The molecule has 1 aromatic carbocycles. The summed E-state index contributed by atoms with van der Waals surface area (Å²) < 4.78 is 11.8. The highest BCUT2D eigenvalue weighted by Gasteiger charge is 2.13. The third-order valence-electron chi connectivity index (χ3n) is 2.46. The fourth-order valence-electron chi connectivity index (χ4n) is 1.63. The molecule has 0 radical (unpaired) electrons. The molecule has 1 aliphatic heterocycles. The topological polar surface area (TPSA) is 70.3 Å². The zero-order valence-corrected chi connectivity index (χ0v) is 12.2. The quantitative estimate of drug-likeness (QED) is 0.848. The van der Waals surface area contributed by atoms with E-state index < -0.39 is 0 Å². The molecule has 3 rings (SSSR count). The van der Waals surface area contributed by atoms with Crippen molar-refractivity contribution in [2.75, 3.05) is 18.9 Å². The van der Waals surface area contributed by atoms with Crippen molar-refractivity contribution in [2.45, 2.75) is 9.92 Å². The maximum atomic E-state index is 5.59. The fourth-order valence-corrected chi connectivity index (χ4v) is 2.88. The van der Waals surface area contributed by atoms with Crippen LogP contribution in [0.25, 0.3) is 0 Å². The first-order valence-electron chi connectivity index (χ1n) is 5.58. The number of rotatable bonds is 2. The van der Waals surface area contributed by atoms with Crippen molar-refractivity contribution in [3.05, 3.63) is 28.9 Å². The number of halogens is 1. The Hall–Kier alpha value is -1.47. The van der Waals surface area contributed by atoms with Crippen molar-refractivity contribution in [3.63, 3.8) is 0 Å². The molecule has 7 heteroatoms. The molecule has 2 N–H and O–H groups in total. The summed E-state index contributed by atoms with van der Waals surface area (Å²) in [4.78, 5) is 9.11. The van der Waals surface area contributed by atoms with Gasteiger partial charge in [-0.2, -0.15) is 0 Å². The Morgan fingerprint density at radius 1 is 1.21 bits per heavy atom. The first-order valence-corrected chi connectivity index (χ1v) is 7.19. The number of fused-ring (bicyclic) bond motifs is 1. The maximum Gasteiger partial charge on any atom is 0.221 e. The van der Waals surface area contributed by atoms with Crippen LogP contribution in [0.5, 0.6) is 11.5 Å². The number of nitrogens with zero attached hydrogens (tertiary/aromatic N) is 2. The van der Waals surface area contributed by atoms with Gasteiger partial charge in [0, 0.05) is 11.1 Å². The Kier molecular flexibility index (Phi) is 3.48. The molecule has 0 aliphatic carbocycles. The van der Waals surface area contributed by atoms with Crippen molar-refractivity contribution >= 4 is 33.6 Å². The third kappa shape index (κ3) is 2.76. The molecule has 0 saturated heterocycles. The van der Waals surface area contributed by atoms with Crippen molar-refractivity contribution in [1.29, 1.82) is 0 Å². The van der Waals surface area contributed by atoms with E-state index in [9.17, 15) is 0 Å². The molecule has 0 unspecified atom stereocenters. The minimum Gasteiger partial charge on any atom is -0.486 e. The Morgan fingerprint density at radius 2 is 2.00 bits per heavy atom. The van der Waals surface area contributed by atoms with Crippen molar-refractivity contribution in [3.8, 4) is 11.5 Å². The van der Waals surface area contributed by atoms with Crippen LogP contribution in [0.2, 0.25) is 0 Å². The van der Waals surface area contributed by atoms with Crippen LogP contribution in [0.3, 0.4) is 0 Å². The SMILES string of the molecule is Nc1ncc(Br)c(Sc2ccc3c(c2)OCCO3)n1. The number of benzene rings is 1. The van der Waals surface area contributed by atoms with Gasteiger partial charge in [-0.3, -0.25) is 0 Å². The lowest BCUT2D eigenvalue weighted by atomic mass is 10.3. The van der Waals surface area contributed by atoms with Crippen LogP contribution in [0.15, 0.2) is 38.8 Å². The lowest BCUT2D eigenvalue weighted by Crippen LogP contribution is -2.15. The van der Waals surface area contributed by atoms with Gasteiger partial charge in [-0.05, 0) is 34.1 Å². The molecular weight excluding hydrogens is 330 g/mol. The molecule has 0 spiro atoms. The number of anilines is 1. The van der Waals surface area contributed by atoms with E-state index in [1.54, 1.807) is 6.20 Å². The average Bonchev–Trinajstić information content (AvgIpc) is 2.43. The minimum absolute atomic E-state index is 0.253. The fraction of sp³-hybridized carbons (Fsp3) is 0.167. The van der Waals surface area contributed by atoms with Gasteiger partial charge >= 0.3 is 0 Å². The van der Waals surface area contributed by atoms with Gasteiger partial charge in [-0.1, -0.05) is 11.8 Å². The first kappa shape index (κ1) is 12.6. The molecule has 0 fully saturated rings. The first-order chi connectivity index (χ1) is 9.22. The summed E-state index contributed by atoms with van der Waals surface area (Å²) in [5, 5.41) is 0.768. The van der Waals surface area contributed by atoms with E-state index in [0.717, 1.165) is 25.9 Å². The van der Waals surface area contributed by atoms with Crippen LogP contribution >= 0.6 is 27.7 Å². The highest BCUT2D eigenvalue weighted by Crippen LogP contribution is 2.38. The second kappa shape index (κ2) is 5.26. The van der Waals surface area contributed by atoms with Crippen LogP contribution in [-0.2, 0) is 0 Å². The normalized spacial score (nSPS) is 13.3. The summed E-state index contributed by atoms with van der Waals surface area (Å²) in [5.41, 5.74) is 5.59. The van der Waals surface area contributed by atoms with Crippen LogP contribution in [0, 0.1) is 0 Å². The molecule has 19 heavy (non-hydrogen) atoms. The van der Waals surface area contributed by atoms with E-state index in [4.69, 9.17) is 15.2 Å². The van der Waals surface area contributed by atoms with Gasteiger partial charge in [0.25, 0.3) is 0 Å². The summed E-state index contributed by atoms with van der Waals surface area (Å²) in [6.07, 6.45) is 1.64. The Morgan fingerprint density at radius 3 is 2.84 bits per heavy atom. The van der Waals surface area contributed by atoms with Gasteiger partial charge < -0.3 is 15.2 Å². The molecule has 1 aliphatic rings. The van der Waals surface area contributed by atoms with E-state index in [1.165, 1.54) is 11.8 Å². The Balaban J connectivity index is 1.89. The zero-order valence-electron chi connectivity index (χ0n) is 9.80. The highest BCUT2D eigenvalue weighted by atomic mass is 79.9. The smallest absolute Gasteiger partial charge is 0.221 e. The second-order valence-corrected chi connectivity index (χ2v) is 5.71. The summed E-state index contributed by atoms with van der Waals surface area (Å²) in [5.74, 6) is 1.79. The van der Waals surface area contributed by atoms with E-state index in [0.29, 0.717) is 13.2 Å². The molecule has 0 saturated carbocycles. The molecule has 2 aromatic rings. The van der Waals surface area contributed by atoms with E-state index in [-0.39, 0.29) is 5.95 Å². The molecule has 5 nitrogen and oxygen atoms in total. The van der Waals surface area contributed by atoms with Crippen LogP contribution in [0.4, 0.5) is 5.95 Å². The van der Waals surface area contributed by atoms with Crippen molar-refractivity contribution < 1.29 is 9.47 Å². The average molecular weight is 340 g/mol. The predicted octanol–water partition coefficient (Wildman–Crippen LogP) is 2.74. The molecule has 2 heterocycles. The molecule has 1 aromatic heterocycles. The Labute approximate surface area is 122 Å². The second-order valence-electron chi connectivity index (χ2n) is 3.79. The van der Waals surface area contributed by atoms with Crippen molar-refractivity contribution in [1.82, 2.24) is 9.97 Å². The summed E-state index contributed by atoms with van der Waals surface area (Å²) in [6.45, 7) is 1.17. The van der Waals surface area contributed by atoms with E-state index in [1.807, 2.05) is 18.2 Å². The Bertz CT molecular complexity index is 624. The molecule has 0 atom stereocenters. The summed E-state index contributed by atoms with van der Waals surface area (Å²) in [6, 6.07) is 5.79. The number of ether oxygens (including phenoxy) is 2. The van der Waals surface area contributed by atoms with E-state index in [2.05, 4.69) is 25.9 Å². The number of nitrogen functional groups attached to an aromatic ring is 1. The van der Waals surface area contributed by atoms with Gasteiger partial charge in [0.2, 0.25) is 5.95 Å². The highest BCUT2D eigenvalue weighted by molar-refractivity contribution is 9.10.